The number of hydrogen-bond donors (Lipinski definition) is 1. The summed E-state index contributed by atoms with van der Waals surface area (Å²) in [6.45, 7) is 1.38. The standard InChI is InChI=1S/C15H20O3/c16-14(12-13-4-2-1-3-5-13)6-8-15(9-7-14)17-10-11-18-15/h1-5,16H,6-12H2. The van der Waals surface area contributed by atoms with Crippen LogP contribution >= 0.6 is 0 Å². The van der Waals surface area contributed by atoms with Gasteiger partial charge in [0, 0.05) is 19.3 Å². The third kappa shape index (κ3) is 2.44. The Labute approximate surface area is 108 Å². The third-order valence-corrected chi connectivity index (χ3v) is 4.13. The fourth-order valence-corrected chi connectivity index (χ4v) is 3.03. The minimum absolute atomic E-state index is 0.386. The van der Waals surface area contributed by atoms with Crippen LogP contribution in [0.2, 0.25) is 0 Å². The van der Waals surface area contributed by atoms with Crippen LogP contribution < -0.4 is 0 Å². The van der Waals surface area contributed by atoms with Crippen molar-refractivity contribution in [2.75, 3.05) is 13.2 Å². The predicted molar refractivity (Wildman–Crippen MR) is 68.2 cm³/mol. The SMILES string of the molecule is OC1(Cc2ccccc2)CCC2(CC1)OCCO2. The molecule has 1 saturated carbocycles. The van der Waals surface area contributed by atoms with Gasteiger partial charge in [-0.15, -0.1) is 0 Å². The van der Waals surface area contributed by atoms with E-state index in [0.29, 0.717) is 13.2 Å². The summed E-state index contributed by atoms with van der Waals surface area (Å²) in [4.78, 5) is 0. The van der Waals surface area contributed by atoms with Gasteiger partial charge in [-0.3, -0.25) is 0 Å². The van der Waals surface area contributed by atoms with Gasteiger partial charge in [0.25, 0.3) is 0 Å². The second-order valence-electron chi connectivity index (χ2n) is 5.49. The molecule has 0 amide bonds. The van der Waals surface area contributed by atoms with E-state index in [4.69, 9.17) is 9.47 Å². The fourth-order valence-electron chi connectivity index (χ4n) is 3.03. The first kappa shape index (κ1) is 12.2. The van der Waals surface area contributed by atoms with E-state index >= 15 is 0 Å². The number of ether oxygens (including phenoxy) is 2. The molecule has 0 unspecified atom stereocenters. The monoisotopic (exact) mass is 248 g/mol. The van der Waals surface area contributed by atoms with Crippen molar-refractivity contribution in [1.29, 1.82) is 0 Å². The Kier molecular flexibility index (Phi) is 3.14. The summed E-state index contributed by atoms with van der Waals surface area (Å²) in [6.07, 6.45) is 3.83. The molecule has 3 rings (SSSR count). The van der Waals surface area contributed by atoms with Crippen molar-refractivity contribution < 1.29 is 14.6 Å². The Morgan fingerprint density at radius 1 is 0.944 bits per heavy atom. The van der Waals surface area contributed by atoms with Gasteiger partial charge in [0.05, 0.1) is 18.8 Å². The number of aliphatic hydroxyl groups is 1. The Hall–Kier alpha value is -0.900. The van der Waals surface area contributed by atoms with Crippen molar-refractivity contribution in [1.82, 2.24) is 0 Å². The summed E-state index contributed by atoms with van der Waals surface area (Å²) in [5, 5.41) is 10.7. The molecule has 1 aliphatic heterocycles. The lowest BCUT2D eigenvalue weighted by Gasteiger charge is -2.40. The maximum absolute atomic E-state index is 10.7. The first-order valence-electron chi connectivity index (χ1n) is 6.74. The zero-order valence-electron chi connectivity index (χ0n) is 10.6. The van der Waals surface area contributed by atoms with E-state index in [0.717, 1.165) is 32.1 Å². The quantitative estimate of drug-likeness (QED) is 0.872. The van der Waals surface area contributed by atoms with Gasteiger partial charge in [0.15, 0.2) is 5.79 Å². The van der Waals surface area contributed by atoms with Crippen LogP contribution in [0.15, 0.2) is 30.3 Å². The largest absolute Gasteiger partial charge is 0.390 e. The molecule has 1 spiro atoms. The number of rotatable bonds is 2. The van der Waals surface area contributed by atoms with Crippen LogP contribution in [0, 0.1) is 0 Å². The zero-order chi connectivity index (χ0) is 12.5. The molecule has 0 aromatic heterocycles. The van der Waals surface area contributed by atoms with E-state index < -0.39 is 5.60 Å². The van der Waals surface area contributed by atoms with E-state index in [2.05, 4.69) is 12.1 Å². The highest BCUT2D eigenvalue weighted by Gasteiger charge is 2.45. The lowest BCUT2D eigenvalue weighted by Crippen LogP contribution is -2.44. The van der Waals surface area contributed by atoms with E-state index in [1.54, 1.807) is 0 Å². The molecule has 1 N–H and O–H groups in total. The summed E-state index contributed by atoms with van der Waals surface area (Å²) < 4.78 is 11.4. The second-order valence-corrected chi connectivity index (χ2v) is 5.49. The van der Waals surface area contributed by atoms with Gasteiger partial charge in [0.2, 0.25) is 0 Å². The summed E-state index contributed by atoms with van der Waals surface area (Å²) in [5.41, 5.74) is 0.603. The normalized spacial score (nSPS) is 25.4. The second kappa shape index (κ2) is 4.65. The Morgan fingerprint density at radius 2 is 1.56 bits per heavy atom. The Morgan fingerprint density at radius 3 is 2.17 bits per heavy atom. The fraction of sp³-hybridized carbons (Fsp3) is 0.600. The Balaban J connectivity index is 1.63. The van der Waals surface area contributed by atoms with E-state index in [1.807, 2.05) is 18.2 Å². The van der Waals surface area contributed by atoms with Crippen molar-refractivity contribution in [3.8, 4) is 0 Å². The number of hydrogen-bond acceptors (Lipinski definition) is 3. The zero-order valence-corrected chi connectivity index (χ0v) is 10.6. The molecule has 0 radical (unpaired) electrons. The molecule has 3 nitrogen and oxygen atoms in total. The molecule has 1 saturated heterocycles. The minimum atomic E-state index is -0.595. The highest BCUT2D eigenvalue weighted by Crippen LogP contribution is 2.41. The number of benzene rings is 1. The molecule has 2 fully saturated rings. The molecule has 0 bridgehead atoms. The van der Waals surface area contributed by atoms with Gasteiger partial charge in [-0.25, -0.2) is 0 Å². The van der Waals surface area contributed by atoms with Crippen LogP contribution in [-0.2, 0) is 15.9 Å². The van der Waals surface area contributed by atoms with Crippen LogP contribution in [0.4, 0.5) is 0 Å². The molecule has 98 valence electrons. The molecule has 1 aliphatic carbocycles. The maximum Gasteiger partial charge on any atom is 0.168 e. The maximum atomic E-state index is 10.7. The summed E-state index contributed by atoms with van der Waals surface area (Å²) in [7, 11) is 0. The van der Waals surface area contributed by atoms with E-state index in [1.165, 1.54) is 5.56 Å². The highest BCUT2D eigenvalue weighted by atomic mass is 16.7. The minimum Gasteiger partial charge on any atom is -0.390 e. The van der Waals surface area contributed by atoms with Gasteiger partial charge in [0.1, 0.15) is 0 Å². The smallest absolute Gasteiger partial charge is 0.168 e. The van der Waals surface area contributed by atoms with Crippen LogP contribution in [0.5, 0.6) is 0 Å². The molecular weight excluding hydrogens is 228 g/mol. The van der Waals surface area contributed by atoms with Crippen LogP contribution in [0.3, 0.4) is 0 Å². The van der Waals surface area contributed by atoms with E-state index in [-0.39, 0.29) is 5.79 Å². The summed E-state index contributed by atoms with van der Waals surface area (Å²) in [6, 6.07) is 10.2. The molecule has 0 atom stereocenters. The molecule has 1 aromatic carbocycles. The van der Waals surface area contributed by atoms with Gasteiger partial charge < -0.3 is 14.6 Å². The predicted octanol–water partition coefficient (Wildman–Crippen LogP) is 2.28. The lowest BCUT2D eigenvalue weighted by molar-refractivity contribution is -0.202. The molecule has 3 heteroatoms. The average molecular weight is 248 g/mol. The molecule has 1 heterocycles. The summed E-state index contributed by atoms with van der Waals surface area (Å²) >= 11 is 0. The highest BCUT2D eigenvalue weighted by molar-refractivity contribution is 5.17. The van der Waals surface area contributed by atoms with Crippen molar-refractivity contribution in [2.45, 2.75) is 43.5 Å². The molecule has 18 heavy (non-hydrogen) atoms. The van der Waals surface area contributed by atoms with Crippen molar-refractivity contribution in [2.24, 2.45) is 0 Å². The van der Waals surface area contributed by atoms with Crippen LogP contribution in [0.1, 0.15) is 31.2 Å². The third-order valence-electron chi connectivity index (χ3n) is 4.13. The van der Waals surface area contributed by atoms with Crippen LogP contribution in [-0.4, -0.2) is 29.7 Å². The Bertz CT molecular complexity index is 385. The van der Waals surface area contributed by atoms with Crippen molar-refractivity contribution in [3.63, 3.8) is 0 Å². The topological polar surface area (TPSA) is 38.7 Å². The van der Waals surface area contributed by atoms with Crippen molar-refractivity contribution >= 4 is 0 Å². The molecule has 1 aromatic rings. The first-order chi connectivity index (χ1) is 8.70. The van der Waals surface area contributed by atoms with Crippen molar-refractivity contribution in [3.05, 3.63) is 35.9 Å². The molecular formula is C15H20O3. The van der Waals surface area contributed by atoms with Gasteiger partial charge in [-0.05, 0) is 18.4 Å². The van der Waals surface area contributed by atoms with Gasteiger partial charge in [-0.1, -0.05) is 30.3 Å². The van der Waals surface area contributed by atoms with E-state index in [9.17, 15) is 5.11 Å². The first-order valence-corrected chi connectivity index (χ1v) is 6.74. The summed E-state index contributed by atoms with van der Waals surface area (Å²) in [5.74, 6) is -0.386. The van der Waals surface area contributed by atoms with Gasteiger partial charge >= 0.3 is 0 Å². The van der Waals surface area contributed by atoms with Gasteiger partial charge in [-0.2, -0.15) is 0 Å². The lowest BCUT2D eigenvalue weighted by atomic mass is 9.78. The average Bonchev–Trinajstić information content (AvgIpc) is 2.84. The van der Waals surface area contributed by atoms with Crippen LogP contribution in [0.25, 0.3) is 0 Å². The molecule has 2 aliphatic rings.